The number of phosphoric ester groups is 2. The Hall–Kier alpha value is -1.28. The van der Waals surface area contributed by atoms with E-state index in [0.717, 1.165) is 0 Å². The highest BCUT2D eigenvalue weighted by atomic mass is 31.3. The molecule has 0 aromatic heterocycles. The van der Waals surface area contributed by atoms with Crippen LogP contribution < -0.4 is 0 Å². The predicted octanol–water partition coefficient (Wildman–Crippen LogP) is 7.03. The first-order valence-electron chi connectivity index (χ1n) is 9.94. The largest absolute Gasteiger partial charge is 0.481 e. The maximum absolute atomic E-state index is 14.5. The lowest BCUT2D eigenvalue weighted by Crippen LogP contribution is -2.84. The zero-order valence-electron chi connectivity index (χ0n) is 19.6. The van der Waals surface area contributed by atoms with E-state index in [-0.39, 0.29) is 0 Å². The molecule has 2 atom stereocenters. The van der Waals surface area contributed by atoms with E-state index in [1.807, 2.05) is 0 Å². The minimum atomic E-state index is -7.84. The van der Waals surface area contributed by atoms with Gasteiger partial charge in [-0.2, -0.15) is 92.1 Å². The van der Waals surface area contributed by atoms with Gasteiger partial charge in [-0.15, -0.1) is 0 Å². The molecular weight excluding hydrogens is 760 g/mol. The smallest absolute Gasteiger partial charge is 0.302 e. The highest BCUT2D eigenvalue weighted by Gasteiger charge is 3.02. The molecule has 0 aromatic carbocycles. The summed E-state index contributed by atoms with van der Waals surface area (Å²) in [5, 5.41) is 0. The first-order valence-corrected chi connectivity index (χ1v) is 12.9. The van der Waals surface area contributed by atoms with Crippen LogP contribution in [0.4, 0.5) is 96.6 Å². The van der Waals surface area contributed by atoms with E-state index in [1.54, 1.807) is 0 Å². The molecule has 0 bridgehead atoms. The van der Waals surface area contributed by atoms with Crippen molar-refractivity contribution in [2.75, 3.05) is 13.2 Å². The molecular formula is C14H6F22O7P2. The fourth-order valence-corrected chi connectivity index (χ4v) is 5.56. The van der Waals surface area contributed by atoms with Crippen LogP contribution in [0, 0.1) is 0 Å². The van der Waals surface area contributed by atoms with Crippen molar-refractivity contribution in [3.05, 3.63) is 0 Å². The molecule has 268 valence electrons. The SMILES string of the molecule is O=P(O)(OCC1(F)C(F)(F)C(F)(F)C(F)(F)C(F)(F)C1(F)F)OP(=O)(O)OCC1(F)C(F)(F)C(F)(F)C(F)(F)C(F)(F)C1(F)F. The summed E-state index contributed by atoms with van der Waals surface area (Å²) in [6, 6.07) is 0. The molecule has 0 radical (unpaired) electrons. The van der Waals surface area contributed by atoms with Crippen molar-refractivity contribution in [3.63, 3.8) is 0 Å². The van der Waals surface area contributed by atoms with Gasteiger partial charge in [0.25, 0.3) is 11.3 Å². The number of hydrogen-bond donors (Lipinski definition) is 2. The summed E-state index contributed by atoms with van der Waals surface area (Å²) in [5.41, 5.74) is -14.5. The molecule has 2 saturated carbocycles. The number of halogens is 22. The second kappa shape index (κ2) is 9.66. The van der Waals surface area contributed by atoms with Crippen LogP contribution in [0.1, 0.15) is 0 Å². The van der Waals surface area contributed by atoms with E-state index in [1.165, 1.54) is 0 Å². The van der Waals surface area contributed by atoms with Crippen molar-refractivity contribution in [1.82, 2.24) is 0 Å². The molecule has 2 aliphatic carbocycles. The van der Waals surface area contributed by atoms with E-state index < -0.39 is 99.4 Å². The third kappa shape index (κ3) is 4.41. The van der Waals surface area contributed by atoms with E-state index in [9.17, 15) is 106 Å². The Labute approximate surface area is 229 Å². The second-order valence-corrected chi connectivity index (χ2v) is 12.0. The molecule has 0 heterocycles. The first kappa shape index (κ1) is 39.9. The Balaban J connectivity index is 2.42. The van der Waals surface area contributed by atoms with Gasteiger partial charge >= 0.3 is 74.9 Å². The molecule has 0 spiro atoms. The molecule has 0 saturated heterocycles. The molecule has 2 rings (SSSR count). The number of rotatable bonds is 8. The summed E-state index contributed by atoms with van der Waals surface area (Å²) in [6.45, 7) is -8.39. The van der Waals surface area contributed by atoms with Gasteiger partial charge in [-0.1, -0.05) is 0 Å². The summed E-state index contributed by atoms with van der Waals surface area (Å²) in [7, 11) is -15.0. The molecule has 31 heteroatoms. The highest BCUT2D eigenvalue weighted by molar-refractivity contribution is 7.61. The Morgan fingerprint density at radius 3 is 0.689 bits per heavy atom. The standard InChI is InChI=1S/C14H6F22O7P2/c15-3(5(17,18)9(25,26)13(33,34)10(27,28)6(3,19)20)1-41-44(37,38)43-45(39,40)42-2-4(16)7(21,22)11(29,30)14(35,36)12(31,32)8(4,23)24/h1-2H2,(H,37,38)(H,39,40). The van der Waals surface area contributed by atoms with Gasteiger partial charge < -0.3 is 9.79 Å². The van der Waals surface area contributed by atoms with Crippen molar-refractivity contribution >= 4 is 15.6 Å². The Kier molecular flexibility index (Phi) is 8.57. The lowest BCUT2D eigenvalue weighted by molar-refractivity contribution is -0.486. The van der Waals surface area contributed by atoms with Crippen LogP contribution in [0.2, 0.25) is 0 Å². The van der Waals surface area contributed by atoms with Crippen LogP contribution >= 0.6 is 15.6 Å². The van der Waals surface area contributed by atoms with E-state index in [2.05, 4.69) is 13.4 Å². The fourth-order valence-electron chi connectivity index (χ4n) is 3.45. The molecule has 2 N–H and O–H groups in total. The highest BCUT2D eigenvalue weighted by Crippen LogP contribution is 2.72. The summed E-state index contributed by atoms with van der Waals surface area (Å²) >= 11 is 0. The summed E-state index contributed by atoms with van der Waals surface area (Å²) in [4.78, 5) is 18.1. The topological polar surface area (TPSA) is 102 Å². The van der Waals surface area contributed by atoms with Gasteiger partial charge in [0, 0.05) is 0 Å². The predicted molar refractivity (Wildman–Crippen MR) is 89.8 cm³/mol. The third-order valence-corrected chi connectivity index (χ3v) is 8.77. The van der Waals surface area contributed by atoms with Crippen LogP contribution in [0.15, 0.2) is 0 Å². The molecule has 45 heavy (non-hydrogen) atoms. The number of alkyl halides is 22. The van der Waals surface area contributed by atoms with Crippen molar-refractivity contribution in [1.29, 1.82) is 0 Å². The van der Waals surface area contributed by atoms with Crippen LogP contribution in [0.5, 0.6) is 0 Å². The average Bonchev–Trinajstić information content (AvgIpc) is 2.82. The van der Waals surface area contributed by atoms with Crippen molar-refractivity contribution < 1.29 is 129 Å². The normalized spacial score (nSPS) is 32.9. The minimum Gasteiger partial charge on any atom is -0.302 e. The van der Waals surface area contributed by atoms with Gasteiger partial charge in [-0.25, -0.2) is 17.9 Å². The number of hydrogen-bond acceptors (Lipinski definition) is 5. The summed E-state index contributed by atoms with van der Waals surface area (Å²) in [5.74, 6) is -78.1. The first-order chi connectivity index (χ1) is 19.1. The van der Waals surface area contributed by atoms with Gasteiger partial charge in [0.2, 0.25) is 0 Å². The zero-order chi connectivity index (χ0) is 36.5. The molecule has 0 amide bonds. The van der Waals surface area contributed by atoms with Crippen LogP contribution in [-0.2, 0) is 22.5 Å². The maximum atomic E-state index is 14.5. The van der Waals surface area contributed by atoms with E-state index in [0.29, 0.717) is 0 Å². The molecule has 0 aromatic rings. The second-order valence-electron chi connectivity index (χ2n) is 8.91. The van der Waals surface area contributed by atoms with Gasteiger partial charge in [0.1, 0.15) is 13.2 Å². The van der Waals surface area contributed by atoms with E-state index in [4.69, 9.17) is 9.79 Å². The van der Waals surface area contributed by atoms with Crippen molar-refractivity contribution in [3.8, 4) is 0 Å². The quantitative estimate of drug-likeness (QED) is 0.202. The molecule has 2 fully saturated rings. The lowest BCUT2D eigenvalue weighted by Gasteiger charge is -2.52. The van der Waals surface area contributed by atoms with Crippen LogP contribution in [0.3, 0.4) is 0 Å². The maximum Gasteiger partial charge on any atom is 0.481 e. The van der Waals surface area contributed by atoms with Gasteiger partial charge in [-0.3, -0.25) is 9.05 Å². The average molecular weight is 766 g/mol. The molecule has 0 aliphatic heterocycles. The lowest BCUT2D eigenvalue weighted by atomic mass is 9.72. The molecule has 2 aliphatic rings. The van der Waals surface area contributed by atoms with Gasteiger partial charge in [0.05, 0.1) is 0 Å². The Morgan fingerprint density at radius 1 is 0.356 bits per heavy atom. The fraction of sp³-hybridized carbons (Fsp3) is 1.00. The monoisotopic (exact) mass is 766 g/mol. The van der Waals surface area contributed by atoms with Gasteiger partial charge in [0.15, 0.2) is 0 Å². The summed E-state index contributed by atoms with van der Waals surface area (Å²) in [6.07, 6.45) is 0. The molecule has 7 nitrogen and oxygen atoms in total. The van der Waals surface area contributed by atoms with Crippen molar-refractivity contribution in [2.45, 2.75) is 70.6 Å². The van der Waals surface area contributed by atoms with Crippen molar-refractivity contribution in [2.24, 2.45) is 0 Å². The Bertz CT molecular complexity index is 1140. The van der Waals surface area contributed by atoms with Crippen LogP contribution in [-0.4, -0.2) is 93.6 Å². The van der Waals surface area contributed by atoms with E-state index >= 15 is 0 Å². The van der Waals surface area contributed by atoms with Crippen LogP contribution in [0.25, 0.3) is 0 Å². The van der Waals surface area contributed by atoms with Gasteiger partial charge in [-0.05, 0) is 0 Å². The number of phosphoric acid groups is 2. The Morgan fingerprint density at radius 2 is 0.511 bits per heavy atom. The minimum absolute atomic E-state index is 2.68. The summed E-state index contributed by atoms with van der Waals surface area (Å²) < 4.78 is 330. The molecule has 2 unspecified atom stereocenters. The third-order valence-electron chi connectivity index (χ3n) is 6.20. The zero-order valence-corrected chi connectivity index (χ0v) is 21.3.